The summed E-state index contributed by atoms with van der Waals surface area (Å²) in [5.41, 5.74) is 1.34. The maximum Gasteiger partial charge on any atom is 0.275 e. The quantitative estimate of drug-likeness (QED) is 0.426. The van der Waals surface area contributed by atoms with Gasteiger partial charge in [0.1, 0.15) is 18.0 Å². The molecule has 8 heteroatoms. The second-order valence-corrected chi connectivity index (χ2v) is 7.53. The summed E-state index contributed by atoms with van der Waals surface area (Å²) in [5, 5.41) is 12.1. The molecular weight excluding hydrogens is 400 g/mol. The Kier molecular flexibility index (Phi) is 4.61. The summed E-state index contributed by atoms with van der Waals surface area (Å²) in [6.07, 6.45) is 0. The van der Waals surface area contributed by atoms with Crippen molar-refractivity contribution in [2.75, 3.05) is 7.11 Å². The number of rotatable bonds is 5. The first kappa shape index (κ1) is 18.3. The standard InChI is InChI=1S/C22H16N4O3S/c1-28-15-10-8-14(9-11-15)21-23-19(25-29-21)13-26-22(27)17-6-3-2-5-16(17)20(24-26)18-7-4-12-30-18/h2-12H,13H2,1H3. The molecule has 0 aliphatic rings. The minimum absolute atomic E-state index is 0.113. The lowest BCUT2D eigenvalue weighted by Crippen LogP contribution is -2.24. The zero-order chi connectivity index (χ0) is 20.5. The second kappa shape index (κ2) is 7.57. The lowest BCUT2D eigenvalue weighted by molar-refractivity contribution is 0.413. The summed E-state index contributed by atoms with van der Waals surface area (Å²) < 4.78 is 11.9. The van der Waals surface area contributed by atoms with Crippen LogP contribution in [0.25, 0.3) is 32.8 Å². The van der Waals surface area contributed by atoms with Crippen LogP contribution in [0, 0.1) is 0 Å². The zero-order valence-electron chi connectivity index (χ0n) is 16.0. The molecule has 0 radical (unpaired) electrons. The van der Waals surface area contributed by atoms with E-state index in [0.717, 1.165) is 27.3 Å². The predicted molar refractivity (Wildman–Crippen MR) is 115 cm³/mol. The molecule has 30 heavy (non-hydrogen) atoms. The van der Waals surface area contributed by atoms with Gasteiger partial charge < -0.3 is 9.26 Å². The van der Waals surface area contributed by atoms with Crippen molar-refractivity contribution in [3.8, 4) is 27.8 Å². The molecule has 0 unspecified atom stereocenters. The molecule has 3 aromatic heterocycles. The van der Waals surface area contributed by atoms with Crippen molar-refractivity contribution < 1.29 is 9.26 Å². The van der Waals surface area contributed by atoms with Crippen LogP contribution < -0.4 is 10.3 Å². The smallest absolute Gasteiger partial charge is 0.275 e. The molecule has 0 bridgehead atoms. The summed E-state index contributed by atoms with van der Waals surface area (Å²) in [5.74, 6) is 1.49. The molecule has 2 aromatic carbocycles. The summed E-state index contributed by atoms with van der Waals surface area (Å²) in [4.78, 5) is 18.4. The molecule has 7 nitrogen and oxygen atoms in total. The van der Waals surface area contributed by atoms with Crippen LogP contribution in [0.3, 0.4) is 0 Å². The third kappa shape index (κ3) is 3.27. The molecule has 148 valence electrons. The average Bonchev–Trinajstić information content (AvgIpc) is 3.48. The SMILES string of the molecule is COc1ccc(-c2nc(Cn3nc(-c4cccs4)c4ccccc4c3=O)no2)cc1. The molecule has 0 aliphatic heterocycles. The fraction of sp³-hybridized carbons (Fsp3) is 0.0909. The van der Waals surface area contributed by atoms with E-state index >= 15 is 0 Å². The summed E-state index contributed by atoms with van der Waals surface area (Å²) in [7, 11) is 1.61. The molecular formula is C22H16N4O3S. The number of methoxy groups -OCH3 is 1. The van der Waals surface area contributed by atoms with Gasteiger partial charge in [0, 0.05) is 10.9 Å². The topological polar surface area (TPSA) is 83.0 Å². The van der Waals surface area contributed by atoms with Gasteiger partial charge in [-0.1, -0.05) is 29.4 Å². The number of benzene rings is 2. The van der Waals surface area contributed by atoms with Crippen LogP contribution in [0.5, 0.6) is 5.75 Å². The zero-order valence-corrected chi connectivity index (χ0v) is 16.8. The molecule has 5 aromatic rings. The maximum absolute atomic E-state index is 13.0. The molecule has 5 rings (SSSR count). The summed E-state index contributed by atoms with van der Waals surface area (Å²) in [6, 6.07) is 18.8. The number of nitrogens with zero attached hydrogens (tertiary/aromatic N) is 4. The second-order valence-electron chi connectivity index (χ2n) is 6.58. The Hall–Kier alpha value is -3.78. The van der Waals surface area contributed by atoms with Crippen molar-refractivity contribution in [2.45, 2.75) is 6.54 Å². The Balaban J connectivity index is 1.54. The highest BCUT2D eigenvalue weighted by Gasteiger charge is 2.15. The third-order valence-corrected chi connectivity index (χ3v) is 5.60. The number of hydrogen-bond donors (Lipinski definition) is 0. The first-order valence-electron chi connectivity index (χ1n) is 9.23. The normalized spacial score (nSPS) is 11.1. The Morgan fingerprint density at radius 2 is 1.83 bits per heavy atom. The Bertz CT molecular complexity index is 1370. The number of thiophene rings is 1. The van der Waals surface area contributed by atoms with Crippen molar-refractivity contribution in [3.63, 3.8) is 0 Å². The molecule has 0 fully saturated rings. The van der Waals surface area contributed by atoms with E-state index in [1.807, 2.05) is 66.0 Å². The minimum atomic E-state index is -0.193. The summed E-state index contributed by atoms with van der Waals surface area (Å²) >= 11 is 1.58. The van der Waals surface area contributed by atoms with Crippen molar-refractivity contribution in [1.82, 2.24) is 19.9 Å². The fourth-order valence-corrected chi connectivity index (χ4v) is 3.96. The van der Waals surface area contributed by atoms with Gasteiger partial charge in [0.2, 0.25) is 0 Å². The molecule has 0 aliphatic carbocycles. The lowest BCUT2D eigenvalue weighted by atomic mass is 10.1. The van der Waals surface area contributed by atoms with E-state index < -0.39 is 0 Å². The first-order chi connectivity index (χ1) is 14.7. The van der Waals surface area contributed by atoms with Gasteiger partial charge in [0.25, 0.3) is 11.4 Å². The van der Waals surface area contributed by atoms with Gasteiger partial charge in [0.15, 0.2) is 5.82 Å². The van der Waals surface area contributed by atoms with Crippen LogP contribution in [0.1, 0.15) is 5.82 Å². The molecule has 0 saturated carbocycles. The van der Waals surface area contributed by atoms with Gasteiger partial charge >= 0.3 is 0 Å². The van der Waals surface area contributed by atoms with Crippen LogP contribution >= 0.6 is 11.3 Å². The van der Waals surface area contributed by atoms with Crippen LogP contribution in [0.15, 0.2) is 75.4 Å². The molecule has 0 amide bonds. The minimum Gasteiger partial charge on any atom is -0.497 e. The van der Waals surface area contributed by atoms with Gasteiger partial charge in [-0.2, -0.15) is 10.1 Å². The van der Waals surface area contributed by atoms with Gasteiger partial charge in [-0.3, -0.25) is 4.79 Å². The number of ether oxygens (including phenoxy) is 1. The number of aromatic nitrogens is 4. The van der Waals surface area contributed by atoms with Crippen molar-refractivity contribution in [2.24, 2.45) is 0 Å². The Labute approximate surface area is 175 Å². The van der Waals surface area contributed by atoms with Crippen LogP contribution in [-0.2, 0) is 6.54 Å². The van der Waals surface area contributed by atoms with Crippen LogP contribution in [0.4, 0.5) is 0 Å². The molecule has 0 atom stereocenters. The van der Waals surface area contributed by atoms with Crippen LogP contribution in [0.2, 0.25) is 0 Å². The number of hydrogen-bond acceptors (Lipinski definition) is 7. The van der Waals surface area contributed by atoms with Gasteiger partial charge in [-0.05, 0) is 41.8 Å². The van der Waals surface area contributed by atoms with Gasteiger partial charge in [0.05, 0.1) is 17.4 Å². The maximum atomic E-state index is 13.0. The van der Waals surface area contributed by atoms with E-state index in [1.165, 1.54) is 4.68 Å². The molecule has 0 spiro atoms. The number of fused-ring (bicyclic) bond motifs is 1. The van der Waals surface area contributed by atoms with Crippen LogP contribution in [-0.4, -0.2) is 27.0 Å². The van der Waals surface area contributed by atoms with Gasteiger partial charge in [-0.15, -0.1) is 11.3 Å². The predicted octanol–water partition coefficient (Wildman–Crippen LogP) is 4.23. The monoisotopic (exact) mass is 416 g/mol. The average molecular weight is 416 g/mol. The Morgan fingerprint density at radius 3 is 2.57 bits per heavy atom. The Morgan fingerprint density at radius 1 is 1.03 bits per heavy atom. The van der Waals surface area contributed by atoms with Crippen molar-refractivity contribution in [3.05, 3.63) is 82.2 Å². The highest BCUT2D eigenvalue weighted by Crippen LogP contribution is 2.28. The first-order valence-corrected chi connectivity index (χ1v) is 10.1. The molecule has 0 N–H and O–H groups in total. The van der Waals surface area contributed by atoms with E-state index in [1.54, 1.807) is 18.4 Å². The highest BCUT2D eigenvalue weighted by molar-refractivity contribution is 7.13. The molecule has 0 saturated heterocycles. The highest BCUT2D eigenvalue weighted by atomic mass is 32.1. The van der Waals surface area contributed by atoms with E-state index in [0.29, 0.717) is 17.1 Å². The van der Waals surface area contributed by atoms with E-state index in [2.05, 4.69) is 15.2 Å². The van der Waals surface area contributed by atoms with Crippen molar-refractivity contribution >= 4 is 22.1 Å². The van der Waals surface area contributed by atoms with Gasteiger partial charge in [-0.25, -0.2) is 4.68 Å². The van der Waals surface area contributed by atoms with E-state index in [-0.39, 0.29) is 12.1 Å². The largest absolute Gasteiger partial charge is 0.497 e. The fourth-order valence-electron chi connectivity index (χ4n) is 3.24. The molecule has 3 heterocycles. The third-order valence-electron chi connectivity index (χ3n) is 4.72. The van der Waals surface area contributed by atoms with Crippen molar-refractivity contribution in [1.29, 1.82) is 0 Å². The van der Waals surface area contributed by atoms with E-state index in [9.17, 15) is 4.79 Å². The van der Waals surface area contributed by atoms with E-state index in [4.69, 9.17) is 9.26 Å². The summed E-state index contributed by atoms with van der Waals surface area (Å²) in [6.45, 7) is 0.113. The lowest BCUT2D eigenvalue weighted by Gasteiger charge is -2.08.